The number of esters is 1. The quantitative estimate of drug-likeness (QED) is 0.361. The number of rotatable bonds is 10. The normalized spacial score (nSPS) is 20.4. The van der Waals surface area contributed by atoms with Crippen LogP contribution in [0.25, 0.3) is 0 Å². The molecule has 1 saturated carbocycles. The van der Waals surface area contributed by atoms with Crippen molar-refractivity contribution in [1.82, 2.24) is 0 Å². The molecule has 0 heterocycles. The summed E-state index contributed by atoms with van der Waals surface area (Å²) in [6.07, 6.45) is 12.8. The average Bonchev–Trinajstić information content (AvgIpc) is 2.65. The Hall–Kier alpha value is -1.31. The van der Waals surface area contributed by atoms with E-state index in [4.69, 9.17) is 4.74 Å². The number of ether oxygens (including phenoxy) is 1. The van der Waals surface area contributed by atoms with E-state index in [1.807, 2.05) is 0 Å². The molecule has 0 unspecified atom stereocenters. The fraction of sp³-hybridized carbons (Fsp3) is 0.696. The zero-order chi connectivity index (χ0) is 17.9. The maximum atomic E-state index is 11.8. The number of hydrogen-bond acceptors (Lipinski definition) is 2. The Bertz CT molecular complexity index is 483. The van der Waals surface area contributed by atoms with E-state index in [9.17, 15) is 4.79 Å². The highest BCUT2D eigenvalue weighted by Gasteiger charge is 2.21. The van der Waals surface area contributed by atoms with E-state index in [-0.39, 0.29) is 5.97 Å². The van der Waals surface area contributed by atoms with E-state index >= 15 is 0 Å². The Morgan fingerprint density at radius 2 is 1.72 bits per heavy atom. The maximum absolute atomic E-state index is 11.8. The van der Waals surface area contributed by atoms with Crippen molar-refractivity contribution >= 4 is 5.97 Å². The van der Waals surface area contributed by atoms with Gasteiger partial charge in [0.2, 0.25) is 0 Å². The molecule has 25 heavy (non-hydrogen) atoms. The van der Waals surface area contributed by atoms with Crippen LogP contribution in [0.15, 0.2) is 24.3 Å². The molecule has 0 N–H and O–H groups in total. The molecule has 1 aliphatic rings. The lowest BCUT2D eigenvalue weighted by atomic mass is 9.77. The standard InChI is InChI=1S/C23H36O2/c1-3-5-6-18-25-23(24)17-12-20-10-15-22(16-11-20)21-13-8-19(7-4-2)9-14-21/h10-11,15-16,19,21H,3-9,12-14,17-18H2,1-2H3/t19-,21-. The molecule has 0 aliphatic heterocycles. The van der Waals surface area contributed by atoms with Crippen LogP contribution in [-0.4, -0.2) is 12.6 Å². The fourth-order valence-corrected chi connectivity index (χ4v) is 4.01. The predicted octanol–water partition coefficient (Wildman–Crippen LogP) is 6.43. The van der Waals surface area contributed by atoms with Crippen molar-refractivity contribution in [2.24, 2.45) is 5.92 Å². The number of hydrogen-bond donors (Lipinski definition) is 0. The van der Waals surface area contributed by atoms with Gasteiger partial charge in [-0.3, -0.25) is 4.79 Å². The fourth-order valence-electron chi connectivity index (χ4n) is 4.01. The molecule has 0 amide bonds. The molecule has 2 rings (SSSR count). The molecule has 2 heteroatoms. The van der Waals surface area contributed by atoms with Crippen LogP contribution in [0.3, 0.4) is 0 Å². The van der Waals surface area contributed by atoms with E-state index in [2.05, 4.69) is 38.1 Å². The van der Waals surface area contributed by atoms with Gasteiger partial charge in [0.05, 0.1) is 6.61 Å². The molecule has 1 aromatic carbocycles. The van der Waals surface area contributed by atoms with Gasteiger partial charge in [-0.2, -0.15) is 0 Å². The van der Waals surface area contributed by atoms with Crippen LogP contribution in [0.1, 0.15) is 95.1 Å². The predicted molar refractivity (Wildman–Crippen MR) is 105 cm³/mol. The Balaban J connectivity index is 1.70. The van der Waals surface area contributed by atoms with Crippen LogP contribution in [0.2, 0.25) is 0 Å². The number of unbranched alkanes of at least 4 members (excludes halogenated alkanes) is 2. The first-order chi connectivity index (χ1) is 12.2. The third-order valence-corrected chi connectivity index (χ3v) is 5.62. The van der Waals surface area contributed by atoms with Crippen LogP contribution < -0.4 is 0 Å². The number of aryl methyl sites for hydroxylation is 1. The molecular formula is C23H36O2. The molecule has 0 spiro atoms. The van der Waals surface area contributed by atoms with E-state index < -0.39 is 0 Å². The summed E-state index contributed by atoms with van der Waals surface area (Å²) >= 11 is 0. The number of carbonyl (C=O) groups excluding carboxylic acids is 1. The molecular weight excluding hydrogens is 308 g/mol. The van der Waals surface area contributed by atoms with Crippen molar-refractivity contribution < 1.29 is 9.53 Å². The summed E-state index contributed by atoms with van der Waals surface area (Å²) < 4.78 is 5.28. The highest BCUT2D eigenvalue weighted by Crippen LogP contribution is 2.37. The summed E-state index contributed by atoms with van der Waals surface area (Å²) in [5.74, 6) is 1.64. The maximum Gasteiger partial charge on any atom is 0.306 e. The first kappa shape index (κ1) is 20.0. The third kappa shape index (κ3) is 7.22. The van der Waals surface area contributed by atoms with Crippen molar-refractivity contribution in [3.05, 3.63) is 35.4 Å². The van der Waals surface area contributed by atoms with Crippen molar-refractivity contribution in [2.45, 2.75) is 90.4 Å². The summed E-state index contributed by atoms with van der Waals surface area (Å²) in [6.45, 7) is 5.03. The molecule has 0 bridgehead atoms. The Morgan fingerprint density at radius 3 is 2.36 bits per heavy atom. The van der Waals surface area contributed by atoms with Crippen LogP contribution in [0.4, 0.5) is 0 Å². The zero-order valence-electron chi connectivity index (χ0n) is 16.3. The first-order valence-electron chi connectivity index (χ1n) is 10.5. The SMILES string of the molecule is CCCCCOC(=O)CCc1ccc([C@H]2CC[C@H](CCC)CC2)cc1. The average molecular weight is 345 g/mol. The van der Waals surface area contributed by atoms with Crippen LogP contribution in [-0.2, 0) is 16.0 Å². The van der Waals surface area contributed by atoms with E-state index in [0.717, 1.165) is 37.5 Å². The van der Waals surface area contributed by atoms with Crippen LogP contribution in [0, 0.1) is 5.92 Å². The molecule has 0 radical (unpaired) electrons. The van der Waals surface area contributed by atoms with Gasteiger partial charge in [0.25, 0.3) is 0 Å². The largest absolute Gasteiger partial charge is 0.466 e. The summed E-state index contributed by atoms with van der Waals surface area (Å²) in [7, 11) is 0. The van der Waals surface area contributed by atoms with Crippen LogP contribution in [0.5, 0.6) is 0 Å². The Morgan fingerprint density at radius 1 is 1.00 bits per heavy atom. The van der Waals surface area contributed by atoms with Gasteiger partial charge in [0.1, 0.15) is 0 Å². The second kappa shape index (κ2) is 11.3. The number of carbonyl (C=O) groups is 1. The summed E-state index contributed by atoms with van der Waals surface area (Å²) in [4.78, 5) is 11.8. The van der Waals surface area contributed by atoms with E-state index in [1.54, 1.807) is 0 Å². The topological polar surface area (TPSA) is 26.3 Å². The minimum absolute atomic E-state index is 0.0607. The molecule has 0 saturated heterocycles. The van der Waals surface area contributed by atoms with Gasteiger partial charge < -0.3 is 4.74 Å². The molecule has 2 nitrogen and oxygen atoms in total. The molecule has 1 fully saturated rings. The van der Waals surface area contributed by atoms with Gasteiger partial charge in [-0.1, -0.05) is 63.8 Å². The molecule has 0 atom stereocenters. The highest BCUT2D eigenvalue weighted by atomic mass is 16.5. The van der Waals surface area contributed by atoms with Crippen molar-refractivity contribution in [3.63, 3.8) is 0 Å². The minimum Gasteiger partial charge on any atom is -0.466 e. The number of benzene rings is 1. The van der Waals surface area contributed by atoms with Gasteiger partial charge in [0, 0.05) is 6.42 Å². The van der Waals surface area contributed by atoms with E-state index in [0.29, 0.717) is 13.0 Å². The highest BCUT2D eigenvalue weighted by molar-refractivity contribution is 5.69. The minimum atomic E-state index is -0.0607. The molecule has 140 valence electrons. The Labute approximate surface area is 154 Å². The monoisotopic (exact) mass is 344 g/mol. The summed E-state index contributed by atoms with van der Waals surface area (Å²) in [5.41, 5.74) is 2.73. The van der Waals surface area contributed by atoms with Crippen molar-refractivity contribution in [1.29, 1.82) is 0 Å². The van der Waals surface area contributed by atoms with Crippen molar-refractivity contribution in [3.8, 4) is 0 Å². The Kier molecular flexibility index (Phi) is 9.07. The summed E-state index contributed by atoms with van der Waals surface area (Å²) in [6, 6.07) is 8.98. The lowest BCUT2D eigenvalue weighted by Gasteiger charge is -2.28. The second-order valence-electron chi connectivity index (χ2n) is 7.68. The first-order valence-corrected chi connectivity index (χ1v) is 10.5. The van der Waals surface area contributed by atoms with Gasteiger partial charge in [0.15, 0.2) is 0 Å². The van der Waals surface area contributed by atoms with Crippen molar-refractivity contribution in [2.75, 3.05) is 6.61 Å². The van der Waals surface area contributed by atoms with Gasteiger partial charge >= 0.3 is 5.97 Å². The van der Waals surface area contributed by atoms with Gasteiger partial charge in [-0.15, -0.1) is 0 Å². The lowest BCUT2D eigenvalue weighted by molar-refractivity contribution is -0.143. The van der Waals surface area contributed by atoms with Crippen LogP contribution >= 0.6 is 0 Å². The smallest absolute Gasteiger partial charge is 0.306 e. The second-order valence-corrected chi connectivity index (χ2v) is 7.68. The molecule has 1 aliphatic carbocycles. The molecule has 1 aromatic rings. The van der Waals surface area contributed by atoms with Gasteiger partial charge in [-0.05, 0) is 61.5 Å². The van der Waals surface area contributed by atoms with E-state index in [1.165, 1.54) is 49.7 Å². The summed E-state index contributed by atoms with van der Waals surface area (Å²) in [5, 5.41) is 0. The lowest BCUT2D eigenvalue weighted by Crippen LogP contribution is -2.13. The third-order valence-electron chi connectivity index (χ3n) is 5.62. The van der Waals surface area contributed by atoms with Gasteiger partial charge in [-0.25, -0.2) is 0 Å². The molecule has 0 aromatic heterocycles. The zero-order valence-corrected chi connectivity index (χ0v) is 16.3.